The minimum absolute atomic E-state index is 0. The first-order valence-corrected chi connectivity index (χ1v) is 2.56. The summed E-state index contributed by atoms with van der Waals surface area (Å²) in [7, 11) is 0. The highest BCUT2D eigenvalue weighted by Gasteiger charge is 1.60. The Balaban J connectivity index is -0.000000125. The number of allylic oxidation sites excluding steroid dienone is 2. The monoisotopic (exact) mass is 88.1 g/mol. The molecular formula is C6H16. The van der Waals surface area contributed by atoms with Crippen LogP contribution in [0.15, 0.2) is 12.2 Å². The summed E-state index contributed by atoms with van der Waals surface area (Å²) in [5, 5.41) is 0. The van der Waals surface area contributed by atoms with E-state index in [1.807, 2.05) is 0 Å². The van der Waals surface area contributed by atoms with Crippen molar-refractivity contribution in [3.05, 3.63) is 12.2 Å². The second-order valence-corrected chi connectivity index (χ2v) is 1.29. The SMILES string of the molecule is CC/C=C\CC.[HH].[HH]. The molecule has 0 aliphatic carbocycles. The van der Waals surface area contributed by atoms with Crippen molar-refractivity contribution in [1.82, 2.24) is 0 Å². The summed E-state index contributed by atoms with van der Waals surface area (Å²) in [5.74, 6) is 0. The van der Waals surface area contributed by atoms with Gasteiger partial charge < -0.3 is 0 Å². The lowest BCUT2D eigenvalue weighted by molar-refractivity contribution is 1.16. The molecule has 0 rings (SSSR count). The van der Waals surface area contributed by atoms with Crippen LogP contribution in [0.25, 0.3) is 0 Å². The molecule has 0 fully saturated rings. The van der Waals surface area contributed by atoms with Crippen molar-refractivity contribution in [2.75, 3.05) is 0 Å². The first-order chi connectivity index (χ1) is 2.91. The van der Waals surface area contributed by atoms with E-state index in [1.165, 1.54) is 12.8 Å². The molecule has 40 valence electrons. The van der Waals surface area contributed by atoms with E-state index >= 15 is 0 Å². The maximum absolute atomic E-state index is 2.18. The van der Waals surface area contributed by atoms with Gasteiger partial charge in [0.05, 0.1) is 0 Å². The van der Waals surface area contributed by atoms with E-state index in [2.05, 4.69) is 26.0 Å². The van der Waals surface area contributed by atoms with E-state index in [1.54, 1.807) is 0 Å². The first-order valence-electron chi connectivity index (χ1n) is 2.56. The fourth-order valence-corrected chi connectivity index (χ4v) is 0.333. The first kappa shape index (κ1) is 5.74. The van der Waals surface area contributed by atoms with E-state index in [-0.39, 0.29) is 2.85 Å². The normalized spacial score (nSPS) is 10.3. The number of rotatable bonds is 2. The number of hydrogen-bond donors (Lipinski definition) is 0. The lowest BCUT2D eigenvalue weighted by atomic mass is 10.4. The van der Waals surface area contributed by atoms with Crippen molar-refractivity contribution in [3.8, 4) is 0 Å². The third kappa shape index (κ3) is 3.74. The summed E-state index contributed by atoms with van der Waals surface area (Å²) in [6.45, 7) is 4.29. The highest BCUT2D eigenvalue weighted by atomic mass is 13.7. The van der Waals surface area contributed by atoms with Crippen LogP contribution in [0.1, 0.15) is 29.5 Å². The average molecular weight is 88.2 g/mol. The zero-order valence-electron chi connectivity index (χ0n) is 4.57. The van der Waals surface area contributed by atoms with Crippen molar-refractivity contribution in [3.63, 3.8) is 0 Å². The van der Waals surface area contributed by atoms with Gasteiger partial charge in [-0.2, -0.15) is 0 Å². The third-order valence-electron chi connectivity index (χ3n) is 0.638. The highest BCUT2D eigenvalue weighted by Crippen LogP contribution is 1.81. The Labute approximate surface area is 42.8 Å². The summed E-state index contributed by atoms with van der Waals surface area (Å²) < 4.78 is 0. The van der Waals surface area contributed by atoms with E-state index in [0.29, 0.717) is 0 Å². The van der Waals surface area contributed by atoms with Gasteiger partial charge in [-0.15, -0.1) is 0 Å². The lowest BCUT2D eigenvalue weighted by Gasteiger charge is -1.72. The van der Waals surface area contributed by atoms with Crippen LogP contribution in [0.5, 0.6) is 0 Å². The van der Waals surface area contributed by atoms with E-state index in [4.69, 9.17) is 0 Å². The zero-order chi connectivity index (χ0) is 4.83. The van der Waals surface area contributed by atoms with Crippen LogP contribution in [-0.4, -0.2) is 0 Å². The molecule has 0 bridgehead atoms. The summed E-state index contributed by atoms with van der Waals surface area (Å²) >= 11 is 0. The molecule has 0 aromatic heterocycles. The third-order valence-corrected chi connectivity index (χ3v) is 0.638. The van der Waals surface area contributed by atoms with E-state index in [9.17, 15) is 0 Å². The van der Waals surface area contributed by atoms with Gasteiger partial charge in [0.1, 0.15) is 0 Å². The van der Waals surface area contributed by atoms with Crippen molar-refractivity contribution < 1.29 is 2.85 Å². The maximum atomic E-state index is 2.18. The standard InChI is InChI=1S/C6H12.2H2/c1-3-5-6-4-2;;/h5-6H,3-4H2,1-2H3;2*1H/b6-5-;;. The molecule has 0 aliphatic heterocycles. The van der Waals surface area contributed by atoms with Gasteiger partial charge in [-0.3, -0.25) is 0 Å². The van der Waals surface area contributed by atoms with Crippen molar-refractivity contribution in [2.24, 2.45) is 0 Å². The van der Waals surface area contributed by atoms with Gasteiger partial charge in [0.15, 0.2) is 0 Å². The van der Waals surface area contributed by atoms with Crippen LogP contribution in [-0.2, 0) is 0 Å². The Morgan fingerprint density at radius 2 is 1.50 bits per heavy atom. The minimum Gasteiger partial charge on any atom is -0.0888 e. The molecule has 0 spiro atoms. The number of hydrogen-bond acceptors (Lipinski definition) is 0. The topological polar surface area (TPSA) is 0 Å². The fraction of sp³-hybridized carbons (Fsp3) is 0.667. The molecule has 6 heavy (non-hydrogen) atoms. The van der Waals surface area contributed by atoms with Crippen LogP contribution < -0.4 is 0 Å². The summed E-state index contributed by atoms with van der Waals surface area (Å²) in [5.41, 5.74) is 0. The molecule has 0 saturated heterocycles. The zero-order valence-corrected chi connectivity index (χ0v) is 4.57. The van der Waals surface area contributed by atoms with E-state index in [0.717, 1.165) is 0 Å². The Hall–Kier alpha value is -0.260. The summed E-state index contributed by atoms with van der Waals surface area (Å²) in [6.07, 6.45) is 6.71. The molecular weight excluding hydrogens is 72.1 g/mol. The van der Waals surface area contributed by atoms with Gasteiger partial charge in [0.2, 0.25) is 0 Å². The minimum atomic E-state index is 0. The molecule has 0 heteroatoms. The molecule has 0 aliphatic rings. The van der Waals surface area contributed by atoms with Gasteiger partial charge in [-0.25, -0.2) is 0 Å². The molecule has 0 aromatic carbocycles. The Morgan fingerprint density at radius 3 is 1.67 bits per heavy atom. The van der Waals surface area contributed by atoms with Crippen LogP contribution in [0, 0.1) is 0 Å². The largest absolute Gasteiger partial charge is 0.0888 e. The molecule has 0 saturated carbocycles. The van der Waals surface area contributed by atoms with Gasteiger partial charge >= 0.3 is 0 Å². The molecule has 0 heterocycles. The quantitative estimate of drug-likeness (QED) is 0.455. The Kier molecular flexibility index (Phi) is 4.53. The molecule has 0 aromatic rings. The van der Waals surface area contributed by atoms with E-state index < -0.39 is 0 Å². The molecule has 0 nitrogen and oxygen atoms in total. The van der Waals surface area contributed by atoms with Crippen LogP contribution in [0.3, 0.4) is 0 Å². The van der Waals surface area contributed by atoms with Crippen LogP contribution >= 0.6 is 0 Å². The predicted octanol–water partition coefficient (Wildman–Crippen LogP) is 2.85. The smallest absolute Gasteiger partial charge is 0 e. The van der Waals surface area contributed by atoms with Gasteiger partial charge in [0.25, 0.3) is 0 Å². The molecule has 0 unspecified atom stereocenters. The van der Waals surface area contributed by atoms with Gasteiger partial charge in [-0.1, -0.05) is 26.0 Å². The molecule has 0 N–H and O–H groups in total. The highest BCUT2D eigenvalue weighted by molar-refractivity contribution is 4.77. The fourth-order valence-electron chi connectivity index (χ4n) is 0.333. The molecule has 0 radical (unpaired) electrons. The Morgan fingerprint density at radius 1 is 1.17 bits per heavy atom. The lowest BCUT2D eigenvalue weighted by Crippen LogP contribution is -1.51. The second kappa shape index (κ2) is 4.74. The summed E-state index contributed by atoms with van der Waals surface area (Å²) in [6, 6.07) is 0. The molecule has 0 atom stereocenters. The maximum Gasteiger partial charge on any atom is 0 e. The van der Waals surface area contributed by atoms with Gasteiger partial charge in [0, 0.05) is 2.85 Å². The van der Waals surface area contributed by atoms with Gasteiger partial charge in [-0.05, 0) is 12.8 Å². The predicted molar refractivity (Wildman–Crippen MR) is 33.9 cm³/mol. The van der Waals surface area contributed by atoms with Crippen molar-refractivity contribution in [2.45, 2.75) is 26.7 Å². The summed E-state index contributed by atoms with van der Waals surface area (Å²) in [4.78, 5) is 0. The second-order valence-electron chi connectivity index (χ2n) is 1.29. The van der Waals surface area contributed by atoms with Crippen LogP contribution in [0.4, 0.5) is 0 Å². The van der Waals surface area contributed by atoms with Crippen LogP contribution in [0.2, 0.25) is 0 Å². The Bertz CT molecular complexity index is 35.8. The van der Waals surface area contributed by atoms with Crippen molar-refractivity contribution in [1.29, 1.82) is 0 Å². The average Bonchev–Trinajstić information content (AvgIpc) is 1.61. The van der Waals surface area contributed by atoms with Crippen molar-refractivity contribution >= 4 is 0 Å². The molecule has 0 amide bonds.